The molecule has 0 aliphatic carbocycles. The van der Waals surface area contributed by atoms with Gasteiger partial charge in [0.2, 0.25) is 0 Å². The molecule has 2 aromatic heterocycles. The first-order valence-corrected chi connectivity index (χ1v) is 7.55. The molecular weight excluding hydrogens is 311 g/mol. The zero-order valence-corrected chi connectivity index (χ0v) is 13.1. The van der Waals surface area contributed by atoms with Crippen molar-refractivity contribution in [2.24, 2.45) is 0 Å². The van der Waals surface area contributed by atoms with Gasteiger partial charge in [-0.1, -0.05) is 17.3 Å². The van der Waals surface area contributed by atoms with Crippen LogP contribution in [0.15, 0.2) is 47.1 Å². The van der Waals surface area contributed by atoms with Gasteiger partial charge in [0, 0.05) is 18.7 Å². The van der Waals surface area contributed by atoms with Gasteiger partial charge in [-0.15, -0.1) is 0 Å². The summed E-state index contributed by atoms with van der Waals surface area (Å²) >= 11 is 0. The van der Waals surface area contributed by atoms with E-state index >= 15 is 0 Å². The summed E-state index contributed by atoms with van der Waals surface area (Å²) in [6, 6.07) is 9.71. The number of aliphatic hydroxyl groups excluding tert-OH is 1. The molecule has 1 atom stereocenters. The lowest BCUT2D eigenvalue weighted by Gasteiger charge is -2.10. The molecule has 0 fully saturated rings. The monoisotopic (exact) mass is 328 g/mol. The molecule has 0 radical (unpaired) electrons. The van der Waals surface area contributed by atoms with Gasteiger partial charge < -0.3 is 14.9 Å². The Morgan fingerprint density at radius 3 is 2.67 bits per heavy atom. The molecule has 6 nitrogen and oxygen atoms in total. The van der Waals surface area contributed by atoms with Crippen LogP contribution in [-0.4, -0.2) is 32.9 Å². The Balaban J connectivity index is 1.69. The summed E-state index contributed by atoms with van der Waals surface area (Å²) in [5.74, 6) is 1.28. The van der Waals surface area contributed by atoms with Crippen molar-refractivity contribution in [3.63, 3.8) is 0 Å². The number of rotatable bonds is 6. The third-order valence-electron chi connectivity index (χ3n) is 3.42. The predicted octanol–water partition coefficient (Wildman–Crippen LogP) is 2.65. The van der Waals surface area contributed by atoms with Gasteiger partial charge in [0.1, 0.15) is 11.6 Å². The average molecular weight is 328 g/mol. The number of nitrogens with one attached hydrogen (secondary N) is 1. The lowest BCUT2D eigenvalue weighted by Crippen LogP contribution is -2.19. The maximum absolute atomic E-state index is 12.9. The Morgan fingerprint density at radius 1 is 1.21 bits per heavy atom. The Labute approximate surface area is 138 Å². The fraction of sp³-hybridized carbons (Fsp3) is 0.235. The van der Waals surface area contributed by atoms with Crippen molar-refractivity contribution in [3.8, 4) is 11.5 Å². The molecule has 1 aromatic carbocycles. The summed E-state index contributed by atoms with van der Waals surface area (Å²) in [6.45, 7) is 1.88. The second-order valence-electron chi connectivity index (χ2n) is 5.48. The van der Waals surface area contributed by atoms with Gasteiger partial charge in [0.25, 0.3) is 5.89 Å². The van der Waals surface area contributed by atoms with Gasteiger partial charge in [-0.25, -0.2) is 9.37 Å². The molecule has 0 saturated heterocycles. The highest BCUT2D eigenvalue weighted by Crippen LogP contribution is 2.19. The van der Waals surface area contributed by atoms with Crippen LogP contribution in [0.5, 0.6) is 0 Å². The molecule has 24 heavy (non-hydrogen) atoms. The SMILES string of the molecule is C[C@@H](CO)Nc1ccc(-c2nc(Cc3ccc(F)cc3)no2)cn1. The van der Waals surface area contributed by atoms with Crippen molar-refractivity contribution in [2.75, 3.05) is 11.9 Å². The molecule has 0 spiro atoms. The number of aliphatic hydroxyl groups is 1. The maximum atomic E-state index is 12.9. The molecule has 7 heteroatoms. The van der Waals surface area contributed by atoms with Crippen LogP contribution in [-0.2, 0) is 6.42 Å². The van der Waals surface area contributed by atoms with Crippen molar-refractivity contribution in [1.82, 2.24) is 15.1 Å². The zero-order valence-electron chi connectivity index (χ0n) is 13.1. The molecule has 0 amide bonds. The predicted molar refractivity (Wildman–Crippen MR) is 86.9 cm³/mol. The van der Waals surface area contributed by atoms with E-state index in [1.165, 1.54) is 12.1 Å². The van der Waals surface area contributed by atoms with E-state index in [9.17, 15) is 4.39 Å². The van der Waals surface area contributed by atoms with Crippen LogP contribution in [0, 0.1) is 5.82 Å². The van der Waals surface area contributed by atoms with E-state index in [1.54, 1.807) is 24.4 Å². The van der Waals surface area contributed by atoms with E-state index in [0.717, 1.165) is 5.56 Å². The summed E-state index contributed by atoms with van der Waals surface area (Å²) in [5, 5.41) is 16.0. The highest BCUT2D eigenvalue weighted by Gasteiger charge is 2.10. The molecule has 3 rings (SSSR count). The minimum absolute atomic E-state index is 0.0276. The standard InChI is InChI=1S/C17H17FN4O2/c1-11(10-23)20-15-7-4-13(9-19-15)17-21-16(22-24-17)8-12-2-5-14(18)6-3-12/h2-7,9,11,23H,8,10H2,1H3,(H,19,20)/t11-/m0/s1. The maximum Gasteiger partial charge on any atom is 0.259 e. The molecular formula is C17H17FN4O2. The van der Waals surface area contributed by atoms with E-state index in [0.29, 0.717) is 29.5 Å². The number of nitrogens with zero attached hydrogens (tertiary/aromatic N) is 3. The van der Waals surface area contributed by atoms with E-state index < -0.39 is 0 Å². The van der Waals surface area contributed by atoms with Crippen LogP contribution in [0.4, 0.5) is 10.2 Å². The van der Waals surface area contributed by atoms with Gasteiger partial charge in [-0.3, -0.25) is 0 Å². The third-order valence-corrected chi connectivity index (χ3v) is 3.42. The second-order valence-corrected chi connectivity index (χ2v) is 5.48. The Morgan fingerprint density at radius 2 is 2.00 bits per heavy atom. The Hall–Kier alpha value is -2.80. The number of hydrogen-bond acceptors (Lipinski definition) is 6. The van der Waals surface area contributed by atoms with E-state index in [-0.39, 0.29) is 18.5 Å². The number of halogens is 1. The van der Waals surface area contributed by atoms with E-state index in [4.69, 9.17) is 9.63 Å². The quantitative estimate of drug-likeness (QED) is 0.724. The summed E-state index contributed by atoms with van der Waals surface area (Å²) < 4.78 is 18.2. The van der Waals surface area contributed by atoms with Crippen molar-refractivity contribution >= 4 is 5.82 Å². The molecule has 2 N–H and O–H groups in total. The lowest BCUT2D eigenvalue weighted by atomic mass is 10.1. The molecule has 0 aliphatic heterocycles. The molecule has 0 unspecified atom stereocenters. The van der Waals surface area contributed by atoms with Crippen molar-refractivity contribution in [3.05, 3.63) is 59.8 Å². The first-order valence-electron chi connectivity index (χ1n) is 7.55. The largest absolute Gasteiger partial charge is 0.394 e. The fourth-order valence-electron chi connectivity index (χ4n) is 2.13. The first kappa shape index (κ1) is 16.1. The molecule has 2 heterocycles. The summed E-state index contributed by atoms with van der Waals surface area (Å²) in [6.07, 6.45) is 2.09. The van der Waals surface area contributed by atoms with Crippen LogP contribution >= 0.6 is 0 Å². The number of hydrogen-bond donors (Lipinski definition) is 2. The van der Waals surface area contributed by atoms with Crippen LogP contribution in [0.1, 0.15) is 18.3 Å². The van der Waals surface area contributed by atoms with Gasteiger partial charge in [0.15, 0.2) is 5.82 Å². The van der Waals surface area contributed by atoms with Crippen molar-refractivity contribution in [1.29, 1.82) is 0 Å². The first-order chi connectivity index (χ1) is 11.6. The minimum Gasteiger partial charge on any atom is -0.394 e. The van der Waals surface area contributed by atoms with Crippen LogP contribution < -0.4 is 5.32 Å². The molecule has 0 saturated carbocycles. The number of anilines is 1. The Kier molecular flexibility index (Phi) is 4.81. The average Bonchev–Trinajstić information content (AvgIpc) is 3.06. The minimum atomic E-state index is -0.275. The number of pyridine rings is 1. The third kappa shape index (κ3) is 3.94. The van der Waals surface area contributed by atoms with Crippen LogP contribution in [0.25, 0.3) is 11.5 Å². The van der Waals surface area contributed by atoms with Gasteiger partial charge in [0.05, 0.1) is 12.2 Å². The number of benzene rings is 1. The molecule has 3 aromatic rings. The van der Waals surface area contributed by atoms with Crippen molar-refractivity contribution < 1.29 is 14.0 Å². The topological polar surface area (TPSA) is 84.1 Å². The number of aromatic nitrogens is 3. The smallest absolute Gasteiger partial charge is 0.259 e. The lowest BCUT2D eigenvalue weighted by molar-refractivity contribution is 0.281. The van der Waals surface area contributed by atoms with Crippen molar-refractivity contribution in [2.45, 2.75) is 19.4 Å². The van der Waals surface area contributed by atoms with Crippen LogP contribution in [0.2, 0.25) is 0 Å². The van der Waals surface area contributed by atoms with Gasteiger partial charge >= 0.3 is 0 Å². The summed E-state index contributed by atoms with van der Waals surface area (Å²) in [5.41, 5.74) is 1.61. The van der Waals surface area contributed by atoms with E-state index in [2.05, 4.69) is 20.4 Å². The molecule has 0 bridgehead atoms. The van der Waals surface area contributed by atoms with E-state index in [1.807, 2.05) is 13.0 Å². The van der Waals surface area contributed by atoms with Crippen LogP contribution in [0.3, 0.4) is 0 Å². The Bertz CT molecular complexity index is 787. The van der Waals surface area contributed by atoms with Gasteiger partial charge in [-0.05, 0) is 36.8 Å². The summed E-state index contributed by atoms with van der Waals surface area (Å²) in [7, 11) is 0. The second kappa shape index (κ2) is 7.18. The zero-order chi connectivity index (χ0) is 16.9. The highest BCUT2D eigenvalue weighted by molar-refractivity contribution is 5.54. The molecule has 124 valence electrons. The normalized spacial score (nSPS) is 12.1. The highest BCUT2D eigenvalue weighted by atomic mass is 19.1. The summed E-state index contributed by atoms with van der Waals surface area (Å²) in [4.78, 5) is 8.59. The fourth-order valence-corrected chi connectivity index (χ4v) is 2.13. The molecule has 0 aliphatic rings. The van der Waals surface area contributed by atoms with Gasteiger partial charge in [-0.2, -0.15) is 4.98 Å².